The molecular weight excluding hydrogens is 322 g/mol. The van der Waals surface area contributed by atoms with Gasteiger partial charge in [-0.15, -0.1) is 0 Å². The summed E-state index contributed by atoms with van der Waals surface area (Å²) in [5, 5.41) is 2.92. The number of pyridine rings is 1. The summed E-state index contributed by atoms with van der Waals surface area (Å²) < 4.78 is 10.2. The fourth-order valence-electron chi connectivity index (χ4n) is 2.64. The van der Waals surface area contributed by atoms with Crippen LogP contribution in [0.5, 0.6) is 0 Å². The number of carbonyl (C=O) groups is 2. The molecule has 0 unspecified atom stereocenters. The number of aromatic nitrogens is 1. The second kappa shape index (κ2) is 8.18. The van der Waals surface area contributed by atoms with Crippen LogP contribution < -0.4 is 10.2 Å². The standard InChI is InChI=1S/C18H27N3O4/c1-5-24-16(22)13-6-7-15(19-12-13)21-10-8-14(9-11-21)20-17(23)25-18(2,3)4/h6-7,12,14H,5,8-11H2,1-4H3,(H,20,23). The number of rotatable bonds is 4. The average molecular weight is 349 g/mol. The molecule has 0 aromatic carbocycles. The van der Waals surface area contributed by atoms with E-state index in [2.05, 4.69) is 15.2 Å². The van der Waals surface area contributed by atoms with Crippen molar-refractivity contribution in [2.45, 2.75) is 52.2 Å². The van der Waals surface area contributed by atoms with Crippen LogP contribution in [0.3, 0.4) is 0 Å². The minimum absolute atomic E-state index is 0.102. The van der Waals surface area contributed by atoms with Crippen LogP contribution in [0.25, 0.3) is 0 Å². The molecule has 2 heterocycles. The summed E-state index contributed by atoms with van der Waals surface area (Å²) in [6, 6.07) is 3.66. The summed E-state index contributed by atoms with van der Waals surface area (Å²) in [5.41, 5.74) is -0.0397. The highest BCUT2D eigenvalue weighted by molar-refractivity contribution is 5.89. The molecule has 1 aliphatic rings. The Morgan fingerprint density at radius 3 is 2.48 bits per heavy atom. The molecule has 7 nitrogen and oxygen atoms in total. The summed E-state index contributed by atoms with van der Waals surface area (Å²) in [5.74, 6) is 0.464. The summed E-state index contributed by atoms with van der Waals surface area (Å²) in [4.78, 5) is 30.0. The van der Waals surface area contributed by atoms with Gasteiger partial charge in [0.25, 0.3) is 0 Å². The van der Waals surface area contributed by atoms with E-state index in [4.69, 9.17) is 9.47 Å². The lowest BCUT2D eigenvalue weighted by Gasteiger charge is -2.33. The van der Waals surface area contributed by atoms with E-state index >= 15 is 0 Å². The van der Waals surface area contributed by atoms with Crippen LogP contribution in [0, 0.1) is 0 Å². The first kappa shape index (κ1) is 19.0. The van der Waals surface area contributed by atoms with Crippen molar-refractivity contribution < 1.29 is 19.1 Å². The molecule has 1 amide bonds. The fourth-order valence-corrected chi connectivity index (χ4v) is 2.64. The Labute approximate surface area is 148 Å². The molecule has 0 atom stereocenters. The maximum Gasteiger partial charge on any atom is 0.407 e. The Morgan fingerprint density at radius 1 is 1.28 bits per heavy atom. The Morgan fingerprint density at radius 2 is 1.96 bits per heavy atom. The molecule has 7 heteroatoms. The number of piperidine rings is 1. The highest BCUT2D eigenvalue weighted by atomic mass is 16.6. The van der Waals surface area contributed by atoms with Gasteiger partial charge in [-0.25, -0.2) is 14.6 Å². The van der Waals surface area contributed by atoms with E-state index in [1.54, 1.807) is 19.2 Å². The van der Waals surface area contributed by atoms with Gasteiger partial charge in [0.05, 0.1) is 12.2 Å². The number of nitrogens with zero attached hydrogens (tertiary/aromatic N) is 2. The number of hydrogen-bond donors (Lipinski definition) is 1. The van der Waals surface area contributed by atoms with Crippen molar-refractivity contribution in [3.05, 3.63) is 23.9 Å². The molecule has 1 N–H and O–H groups in total. The van der Waals surface area contributed by atoms with E-state index in [9.17, 15) is 9.59 Å². The van der Waals surface area contributed by atoms with Crippen LogP contribution in [-0.4, -0.2) is 48.4 Å². The zero-order chi connectivity index (χ0) is 18.4. The van der Waals surface area contributed by atoms with E-state index in [-0.39, 0.29) is 18.1 Å². The third-order valence-electron chi connectivity index (χ3n) is 3.80. The van der Waals surface area contributed by atoms with E-state index < -0.39 is 5.60 Å². The Balaban J connectivity index is 1.83. The minimum atomic E-state index is -0.491. The quantitative estimate of drug-likeness (QED) is 0.842. The SMILES string of the molecule is CCOC(=O)c1ccc(N2CCC(NC(=O)OC(C)(C)C)CC2)nc1. The number of amides is 1. The van der Waals surface area contributed by atoms with E-state index in [1.165, 1.54) is 0 Å². The smallest absolute Gasteiger partial charge is 0.407 e. The number of esters is 1. The average Bonchev–Trinajstić information content (AvgIpc) is 2.54. The molecule has 0 bridgehead atoms. The molecule has 1 fully saturated rings. The lowest BCUT2D eigenvalue weighted by molar-refractivity contribution is 0.0494. The van der Waals surface area contributed by atoms with Gasteiger partial charge in [0.1, 0.15) is 11.4 Å². The summed E-state index contributed by atoms with van der Waals surface area (Å²) in [6.45, 7) is 9.23. The Kier molecular flexibility index (Phi) is 6.22. The second-order valence-electron chi connectivity index (χ2n) is 7.03. The monoisotopic (exact) mass is 349 g/mol. The van der Waals surface area contributed by atoms with Crippen molar-refractivity contribution in [1.29, 1.82) is 0 Å². The van der Waals surface area contributed by atoms with Crippen molar-refractivity contribution in [1.82, 2.24) is 10.3 Å². The van der Waals surface area contributed by atoms with Gasteiger partial charge >= 0.3 is 12.1 Å². The van der Waals surface area contributed by atoms with Gasteiger partial charge in [-0.2, -0.15) is 0 Å². The Hall–Kier alpha value is -2.31. The highest BCUT2D eigenvalue weighted by Crippen LogP contribution is 2.19. The minimum Gasteiger partial charge on any atom is -0.462 e. The first-order chi connectivity index (χ1) is 11.8. The van der Waals surface area contributed by atoms with Gasteiger partial charge < -0.3 is 19.7 Å². The summed E-state index contributed by atoms with van der Waals surface area (Å²) >= 11 is 0. The van der Waals surface area contributed by atoms with Crippen LogP contribution in [-0.2, 0) is 9.47 Å². The Bertz CT molecular complexity index is 587. The van der Waals surface area contributed by atoms with Crippen molar-refractivity contribution >= 4 is 17.9 Å². The van der Waals surface area contributed by atoms with Crippen LogP contribution >= 0.6 is 0 Å². The normalized spacial score (nSPS) is 15.6. The van der Waals surface area contributed by atoms with Crippen molar-refractivity contribution in [2.75, 3.05) is 24.6 Å². The van der Waals surface area contributed by atoms with Crippen LogP contribution in [0.1, 0.15) is 50.9 Å². The molecule has 138 valence electrons. The molecule has 0 radical (unpaired) electrons. The van der Waals surface area contributed by atoms with Gasteiger partial charge in [-0.3, -0.25) is 0 Å². The first-order valence-electron chi connectivity index (χ1n) is 8.66. The maximum atomic E-state index is 11.8. The molecule has 1 aliphatic heterocycles. The fraction of sp³-hybridized carbons (Fsp3) is 0.611. The summed E-state index contributed by atoms with van der Waals surface area (Å²) in [7, 11) is 0. The molecule has 25 heavy (non-hydrogen) atoms. The van der Waals surface area contributed by atoms with Gasteiger partial charge in [0, 0.05) is 25.3 Å². The number of ether oxygens (including phenoxy) is 2. The number of carbonyl (C=O) groups excluding carboxylic acids is 2. The van der Waals surface area contributed by atoms with Gasteiger partial charge in [-0.05, 0) is 52.7 Å². The van der Waals surface area contributed by atoms with Crippen LogP contribution in [0.15, 0.2) is 18.3 Å². The predicted molar refractivity (Wildman–Crippen MR) is 94.8 cm³/mol. The van der Waals surface area contributed by atoms with Crippen LogP contribution in [0.4, 0.5) is 10.6 Å². The molecular formula is C18H27N3O4. The second-order valence-corrected chi connectivity index (χ2v) is 7.03. The third kappa shape index (κ3) is 5.92. The van der Waals surface area contributed by atoms with Crippen molar-refractivity contribution in [2.24, 2.45) is 0 Å². The summed E-state index contributed by atoms with van der Waals surface area (Å²) in [6.07, 6.45) is 2.81. The third-order valence-corrected chi connectivity index (χ3v) is 3.80. The number of anilines is 1. The molecule has 1 aromatic rings. The molecule has 0 spiro atoms. The number of alkyl carbamates (subject to hydrolysis) is 1. The molecule has 2 rings (SSSR count). The molecule has 1 saturated heterocycles. The lowest BCUT2D eigenvalue weighted by atomic mass is 10.1. The number of hydrogen-bond acceptors (Lipinski definition) is 6. The molecule has 1 aromatic heterocycles. The first-order valence-corrected chi connectivity index (χ1v) is 8.66. The zero-order valence-corrected chi connectivity index (χ0v) is 15.4. The van der Waals surface area contributed by atoms with Crippen molar-refractivity contribution in [3.63, 3.8) is 0 Å². The van der Waals surface area contributed by atoms with Crippen molar-refractivity contribution in [3.8, 4) is 0 Å². The van der Waals surface area contributed by atoms with E-state index in [0.717, 1.165) is 31.7 Å². The molecule has 0 saturated carbocycles. The number of nitrogens with one attached hydrogen (secondary N) is 1. The van der Waals surface area contributed by atoms with E-state index in [1.807, 2.05) is 26.8 Å². The van der Waals surface area contributed by atoms with Gasteiger partial charge in [0.15, 0.2) is 0 Å². The maximum absolute atomic E-state index is 11.8. The molecule has 0 aliphatic carbocycles. The van der Waals surface area contributed by atoms with Gasteiger partial charge in [-0.1, -0.05) is 0 Å². The van der Waals surface area contributed by atoms with Gasteiger partial charge in [0.2, 0.25) is 0 Å². The van der Waals surface area contributed by atoms with E-state index in [0.29, 0.717) is 12.2 Å². The van der Waals surface area contributed by atoms with Crippen LogP contribution in [0.2, 0.25) is 0 Å². The highest BCUT2D eigenvalue weighted by Gasteiger charge is 2.24. The topological polar surface area (TPSA) is 80.8 Å². The lowest BCUT2D eigenvalue weighted by Crippen LogP contribution is -2.46. The largest absolute Gasteiger partial charge is 0.462 e. The zero-order valence-electron chi connectivity index (χ0n) is 15.4. The predicted octanol–water partition coefficient (Wildman–Crippen LogP) is 2.75.